The minimum Gasteiger partial charge on any atom is -0.480 e. The fourth-order valence-electron chi connectivity index (χ4n) is 2.24. The van der Waals surface area contributed by atoms with Crippen LogP contribution >= 0.6 is 27.7 Å². The van der Waals surface area contributed by atoms with Crippen LogP contribution in [0.2, 0.25) is 0 Å². The van der Waals surface area contributed by atoms with Gasteiger partial charge in [-0.15, -0.1) is 11.8 Å². The first kappa shape index (κ1) is 15.4. The van der Waals surface area contributed by atoms with Gasteiger partial charge in [-0.1, -0.05) is 29.3 Å². The van der Waals surface area contributed by atoms with E-state index in [0.29, 0.717) is 11.3 Å². The summed E-state index contributed by atoms with van der Waals surface area (Å²) in [4.78, 5) is 25.5. The van der Waals surface area contributed by atoms with E-state index in [1.165, 1.54) is 4.90 Å². The average Bonchev–Trinajstić information content (AvgIpc) is 2.83. The number of aliphatic carboxylic acids is 1. The van der Waals surface area contributed by atoms with Crippen LogP contribution in [0.5, 0.6) is 0 Å². The van der Waals surface area contributed by atoms with Gasteiger partial charge in [-0.05, 0) is 30.7 Å². The van der Waals surface area contributed by atoms with Crippen LogP contribution in [-0.4, -0.2) is 39.1 Å². The fraction of sp³-hybridized carbons (Fsp3) is 0.429. The number of nitrogens with zero attached hydrogens (tertiary/aromatic N) is 1. The van der Waals surface area contributed by atoms with E-state index in [9.17, 15) is 14.7 Å². The van der Waals surface area contributed by atoms with Gasteiger partial charge in [0, 0.05) is 15.8 Å². The molecule has 0 aliphatic carbocycles. The summed E-state index contributed by atoms with van der Waals surface area (Å²) in [6.07, 6.45) is 1.74. The molecule has 20 heavy (non-hydrogen) atoms. The Balaban J connectivity index is 2.26. The van der Waals surface area contributed by atoms with E-state index in [1.807, 2.05) is 6.92 Å². The molecule has 1 aromatic rings. The van der Waals surface area contributed by atoms with Crippen LogP contribution in [0.25, 0.3) is 0 Å². The zero-order valence-electron chi connectivity index (χ0n) is 11.1. The van der Waals surface area contributed by atoms with Gasteiger partial charge in [0.2, 0.25) is 0 Å². The molecule has 2 unspecified atom stereocenters. The zero-order chi connectivity index (χ0) is 14.7. The second kappa shape index (κ2) is 6.63. The molecule has 4 nitrogen and oxygen atoms in total. The van der Waals surface area contributed by atoms with Crippen molar-refractivity contribution in [1.82, 2.24) is 4.90 Å². The van der Waals surface area contributed by atoms with Gasteiger partial charge in [-0.25, -0.2) is 4.79 Å². The molecule has 0 radical (unpaired) electrons. The van der Waals surface area contributed by atoms with Gasteiger partial charge < -0.3 is 10.0 Å². The molecule has 1 fully saturated rings. The number of hydrogen-bond donors (Lipinski definition) is 1. The summed E-state index contributed by atoms with van der Waals surface area (Å²) in [6.45, 7) is 2.04. The number of thioether (sulfide) groups is 1. The maximum absolute atomic E-state index is 12.6. The van der Waals surface area contributed by atoms with Crippen molar-refractivity contribution in [1.29, 1.82) is 0 Å². The van der Waals surface area contributed by atoms with Gasteiger partial charge in [-0.2, -0.15) is 0 Å². The topological polar surface area (TPSA) is 57.6 Å². The summed E-state index contributed by atoms with van der Waals surface area (Å²) in [5.74, 6) is -0.669. The molecule has 1 amide bonds. The average molecular weight is 358 g/mol. The minimum atomic E-state index is -0.929. The second-order valence-corrected chi connectivity index (χ2v) is 6.78. The maximum atomic E-state index is 12.6. The molecule has 1 aliphatic heterocycles. The molecule has 1 saturated heterocycles. The predicted molar refractivity (Wildman–Crippen MR) is 82.9 cm³/mol. The fourth-order valence-corrected chi connectivity index (χ4v) is 4.01. The van der Waals surface area contributed by atoms with E-state index in [-0.39, 0.29) is 11.3 Å². The molecule has 1 aliphatic rings. The summed E-state index contributed by atoms with van der Waals surface area (Å²) < 4.78 is 0.893. The monoisotopic (exact) mass is 357 g/mol. The molecule has 1 aromatic carbocycles. The number of halogens is 1. The first-order valence-corrected chi connectivity index (χ1v) is 8.31. The molecule has 6 heteroatoms. The number of carboxylic acid groups (broad SMARTS) is 1. The highest BCUT2D eigenvalue weighted by Gasteiger charge is 2.41. The number of benzene rings is 1. The summed E-state index contributed by atoms with van der Waals surface area (Å²) in [5.41, 5.74) is 0.531. The Morgan fingerprint density at radius 1 is 1.40 bits per heavy atom. The van der Waals surface area contributed by atoms with E-state index in [2.05, 4.69) is 15.9 Å². The smallest absolute Gasteiger partial charge is 0.327 e. The molecule has 0 saturated carbocycles. The van der Waals surface area contributed by atoms with Gasteiger partial charge in [0.1, 0.15) is 6.04 Å². The Kier molecular flexibility index (Phi) is 5.10. The van der Waals surface area contributed by atoms with E-state index in [4.69, 9.17) is 0 Å². The number of rotatable bonds is 4. The van der Waals surface area contributed by atoms with Crippen LogP contribution in [0.15, 0.2) is 28.7 Å². The van der Waals surface area contributed by atoms with Gasteiger partial charge in [0.25, 0.3) is 5.91 Å². The highest BCUT2D eigenvalue weighted by molar-refractivity contribution is 9.10. The molecular weight excluding hydrogens is 342 g/mol. The Morgan fingerprint density at radius 2 is 2.05 bits per heavy atom. The lowest BCUT2D eigenvalue weighted by molar-refractivity contribution is -0.141. The largest absolute Gasteiger partial charge is 0.480 e. The Bertz CT molecular complexity index is 506. The summed E-state index contributed by atoms with van der Waals surface area (Å²) >= 11 is 4.88. The summed E-state index contributed by atoms with van der Waals surface area (Å²) in [6, 6.07) is 6.30. The third-order valence-electron chi connectivity index (χ3n) is 3.24. The molecule has 0 aromatic heterocycles. The van der Waals surface area contributed by atoms with E-state index >= 15 is 0 Å². The number of amides is 1. The van der Waals surface area contributed by atoms with Crippen molar-refractivity contribution >= 4 is 39.6 Å². The number of carbonyl (C=O) groups excluding carboxylic acids is 1. The molecule has 108 valence electrons. The molecular formula is C14H16BrNO3S. The molecule has 1 N–H and O–H groups in total. The standard InChI is InChI=1S/C14H16BrNO3S/c1-2-3-12-16(11(8-20-12)14(18)19)13(17)9-4-6-10(15)7-5-9/h4-7,11-12H,2-3,8H2,1H3,(H,18,19). The Morgan fingerprint density at radius 3 is 2.60 bits per heavy atom. The van der Waals surface area contributed by atoms with Crippen LogP contribution < -0.4 is 0 Å². The van der Waals surface area contributed by atoms with Gasteiger partial charge in [0.05, 0.1) is 5.37 Å². The zero-order valence-corrected chi connectivity index (χ0v) is 13.5. The van der Waals surface area contributed by atoms with Gasteiger partial charge in [-0.3, -0.25) is 4.79 Å². The Hall–Kier alpha value is -1.01. The first-order valence-electron chi connectivity index (χ1n) is 6.47. The number of carbonyl (C=O) groups is 2. The predicted octanol–water partition coefficient (Wildman–Crippen LogP) is 3.22. The quantitative estimate of drug-likeness (QED) is 0.898. The van der Waals surface area contributed by atoms with E-state index < -0.39 is 12.0 Å². The normalized spacial score (nSPS) is 22.0. The van der Waals surface area contributed by atoms with Crippen molar-refractivity contribution in [2.75, 3.05) is 5.75 Å². The van der Waals surface area contributed by atoms with Gasteiger partial charge in [0.15, 0.2) is 0 Å². The summed E-state index contributed by atoms with van der Waals surface area (Å²) in [7, 11) is 0. The number of hydrogen-bond acceptors (Lipinski definition) is 3. The molecule has 0 bridgehead atoms. The van der Waals surface area contributed by atoms with Crippen molar-refractivity contribution < 1.29 is 14.7 Å². The number of carboxylic acids is 1. The lowest BCUT2D eigenvalue weighted by Gasteiger charge is -2.27. The minimum absolute atomic E-state index is 0.0442. The molecule has 0 spiro atoms. The SMILES string of the molecule is CCCC1SCC(C(=O)O)N1C(=O)c1ccc(Br)cc1. The van der Waals surface area contributed by atoms with Crippen LogP contribution in [0.3, 0.4) is 0 Å². The van der Waals surface area contributed by atoms with Crippen molar-refractivity contribution in [3.8, 4) is 0 Å². The van der Waals surface area contributed by atoms with Crippen LogP contribution in [0.1, 0.15) is 30.1 Å². The van der Waals surface area contributed by atoms with Crippen LogP contribution in [0.4, 0.5) is 0 Å². The van der Waals surface area contributed by atoms with E-state index in [1.54, 1.807) is 36.0 Å². The summed E-state index contributed by atoms with van der Waals surface area (Å²) in [5, 5.41) is 9.25. The van der Waals surface area contributed by atoms with Crippen LogP contribution in [0, 0.1) is 0 Å². The third kappa shape index (κ3) is 3.17. The van der Waals surface area contributed by atoms with Crippen molar-refractivity contribution in [2.45, 2.75) is 31.2 Å². The van der Waals surface area contributed by atoms with Crippen molar-refractivity contribution in [3.63, 3.8) is 0 Å². The van der Waals surface area contributed by atoms with Crippen molar-refractivity contribution in [2.24, 2.45) is 0 Å². The third-order valence-corrected chi connectivity index (χ3v) is 5.12. The lowest BCUT2D eigenvalue weighted by Crippen LogP contribution is -2.45. The highest BCUT2D eigenvalue weighted by Crippen LogP contribution is 2.33. The molecule has 2 rings (SSSR count). The highest BCUT2D eigenvalue weighted by atomic mass is 79.9. The maximum Gasteiger partial charge on any atom is 0.327 e. The van der Waals surface area contributed by atoms with Crippen molar-refractivity contribution in [3.05, 3.63) is 34.3 Å². The Labute approximate surface area is 130 Å². The first-order chi connectivity index (χ1) is 9.54. The van der Waals surface area contributed by atoms with Crippen LogP contribution in [-0.2, 0) is 4.79 Å². The second-order valence-electron chi connectivity index (χ2n) is 4.65. The lowest BCUT2D eigenvalue weighted by atomic mass is 10.1. The molecule has 2 atom stereocenters. The molecule has 1 heterocycles. The van der Waals surface area contributed by atoms with Gasteiger partial charge >= 0.3 is 5.97 Å². The van der Waals surface area contributed by atoms with E-state index in [0.717, 1.165) is 17.3 Å².